The highest BCUT2D eigenvalue weighted by atomic mass is 35.5. The lowest BCUT2D eigenvalue weighted by Gasteiger charge is -2.38. The maximum atomic E-state index is 15.3. The zero-order valence-electron chi connectivity index (χ0n) is 20.0. The number of benzene rings is 1. The summed E-state index contributed by atoms with van der Waals surface area (Å²) < 4.78 is 102. The first-order valence-electron chi connectivity index (χ1n) is 11.0. The second-order valence-electron chi connectivity index (χ2n) is 9.78. The van der Waals surface area contributed by atoms with Crippen molar-refractivity contribution in [2.45, 2.75) is 62.3 Å². The summed E-state index contributed by atoms with van der Waals surface area (Å²) in [6.45, 7) is 4.26. The monoisotopic (exact) mass is 569 g/mol. The molecule has 2 heterocycles. The molecule has 0 amide bonds. The summed E-state index contributed by atoms with van der Waals surface area (Å²) in [4.78, 5) is 17.1. The maximum absolute atomic E-state index is 15.3. The molecule has 3 aromatic rings. The molecular formula is C22H22ClF6N5O2S. The van der Waals surface area contributed by atoms with Gasteiger partial charge in [-0.3, -0.25) is 14.0 Å². The molecule has 15 heteroatoms. The van der Waals surface area contributed by atoms with Crippen molar-refractivity contribution in [1.82, 2.24) is 24.1 Å². The Morgan fingerprint density at radius 2 is 1.70 bits per heavy atom. The zero-order chi connectivity index (χ0) is 27.7. The standard InChI is InChI=1S/C22H22ClF6N5O2S/c1-19(2,3)37(36)32-20(22(27,28)29,11-5-8-13(14(23)9-11)21(24,25)26)17-15-16(31-33(17)4)18(35)34(10-30-15)12-6-7-12/h5,8-10,12,32H,6-7H2,1-4H3. The van der Waals surface area contributed by atoms with Crippen molar-refractivity contribution in [2.75, 3.05) is 0 Å². The van der Waals surface area contributed by atoms with Gasteiger partial charge in [-0.2, -0.15) is 31.4 Å². The van der Waals surface area contributed by atoms with E-state index in [1.165, 1.54) is 25.3 Å². The summed E-state index contributed by atoms with van der Waals surface area (Å²) in [5.41, 5.74) is -7.71. The van der Waals surface area contributed by atoms with E-state index in [-0.39, 0.29) is 11.6 Å². The average Bonchev–Trinajstić information content (AvgIpc) is 3.52. The van der Waals surface area contributed by atoms with Crippen LogP contribution in [0.1, 0.15) is 56.5 Å². The molecule has 1 saturated carbocycles. The topological polar surface area (TPSA) is 81.8 Å². The molecule has 1 aliphatic rings. The summed E-state index contributed by atoms with van der Waals surface area (Å²) >= 11 is 5.82. The molecular weight excluding hydrogens is 548 g/mol. The van der Waals surface area contributed by atoms with Crippen molar-refractivity contribution in [1.29, 1.82) is 0 Å². The van der Waals surface area contributed by atoms with Gasteiger partial charge in [-0.05, 0) is 51.3 Å². The van der Waals surface area contributed by atoms with Gasteiger partial charge in [-0.15, -0.1) is 0 Å². The number of aromatic nitrogens is 4. The molecule has 2 unspecified atom stereocenters. The number of rotatable bonds is 5. The van der Waals surface area contributed by atoms with E-state index in [0.29, 0.717) is 31.0 Å². The predicted octanol–water partition coefficient (Wildman–Crippen LogP) is 4.99. The molecule has 1 N–H and O–H groups in total. The van der Waals surface area contributed by atoms with Gasteiger partial charge in [0.15, 0.2) is 11.1 Å². The second-order valence-corrected chi connectivity index (χ2v) is 12.2. The van der Waals surface area contributed by atoms with Gasteiger partial charge in [-0.1, -0.05) is 17.7 Å². The van der Waals surface area contributed by atoms with Crippen LogP contribution in [0.3, 0.4) is 0 Å². The third kappa shape index (κ3) is 4.67. The van der Waals surface area contributed by atoms with E-state index >= 15 is 13.2 Å². The van der Waals surface area contributed by atoms with E-state index in [2.05, 4.69) is 14.8 Å². The molecule has 0 aliphatic heterocycles. The number of nitrogens with one attached hydrogen (secondary N) is 1. The lowest BCUT2D eigenvalue weighted by atomic mass is 9.85. The number of alkyl halides is 6. The molecule has 0 radical (unpaired) electrons. The predicted molar refractivity (Wildman–Crippen MR) is 125 cm³/mol. The molecule has 4 rings (SSSR count). The largest absolute Gasteiger partial charge is 0.417 e. The lowest BCUT2D eigenvalue weighted by molar-refractivity contribution is -0.183. The van der Waals surface area contributed by atoms with Gasteiger partial charge < -0.3 is 0 Å². The van der Waals surface area contributed by atoms with Crippen molar-refractivity contribution < 1.29 is 30.6 Å². The van der Waals surface area contributed by atoms with Crippen LogP contribution in [-0.2, 0) is 29.7 Å². The highest BCUT2D eigenvalue weighted by molar-refractivity contribution is 7.84. The van der Waals surface area contributed by atoms with E-state index in [0.717, 1.165) is 18.1 Å². The van der Waals surface area contributed by atoms with E-state index in [1.807, 2.05) is 0 Å². The van der Waals surface area contributed by atoms with Crippen LogP contribution in [0.25, 0.3) is 11.0 Å². The molecule has 0 saturated heterocycles. The van der Waals surface area contributed by atoms with Crippen LogP contribution in [0.4, 0.5) is 26.3 Å². The Bertz CT molecular complexity index is 1460. The minimum absolute atomic E-state index is 0.137. The number of fused-ring (bicyclic) bond motifs is 1. The van der Waals surface area contributed by atoms with Crippen molar-refractivity contribution in [2.24, 2.45) is 7.05 Å². The Morgan fingerprint density at radius 1 is 1.08 bits per heavy atom. The summed E-state index contributed by atoms with van der Waals surface area (Å²) in [5, 5.41) is 3.02. The Kier molecular flexibility index (Phi) is 6.56. The minimum atomic E-state index is -5.31. The number of aryl methyl sites for hydroxylation is 1. The van der Waals surface area contributed by atoms with Gasteiger partial charge >= 0.3 is 12.4 Å². The number of halogens is 7. The molecule has 1 fully saturated rings. The molecule has 0 spiro atoms. The zero-order valence-corrected chi connectivity index (χ0v) is 21.5. The van der Waals surface area contributed by atoms with E-state index < -0.39 is 66.5 Å². The SMILES string of the molecule is Cn1nc2c(=O)n(C3CC3)cnc2c1C(NS(=O)C(C)(C)C)(c1ccc(C(F)(F)F)c(Cl)c1)C(F)(F)F. The van der Waals surface area contributed by atoms with Gasteiger partial charge in [-0.25, -0.2) is 13.9 Å². The molecule has 0 bridgehead atoms. The Hall–Kier alpha value is -2.45. The fourth-order valence-electron chi connectivity index (χ4n) is 3.98. The van der Waals surface area contributed by atoms with Gasteiger partial charge in [0.25, 0.3) is 5.56 Å². The molecule has 2 atom stereocenters. The van der Waals surface area contributed by atoms with Crippen LogP contribution in [-0.4, -0.2) is 34.5 Å². The van der Waals surface area contributed by atoms with Crippen molar-refractivity contribution in [3.63, 3.8) is 0 Å². The summed E-state index contributed by atoms with van der Waals surface area (Å²) in [7, 11) is -1.27. The summed E-state index contributed by atoms with van der Waals surface area (Å²) in [5.74, 6) is 0. The van der Waals surface area contributed by atoms with Crippen molar-refractivity contribution >= 4 is 33.6 Å². The van der Waals surface area contributed by atoms with E-state index in [1.54, 1.807) is 0 Å². The van der Waals surface area contributed by atoms with Crippen LogP contribution >= 0.6 is 11.6 Å². The first kappa shape index (κ1) is 27.6. The quantitative estimate of drug-likeness (QED) is 0.439. The van der Waals surface area contributed by atoms with E-state index in [4.69, 9.17) is 11.6 Å². The number of nitrogens with zero attached hydrogens (tertiary/aromatic N) is 4. The molecule has 7 nitrogen and oxygen atoms in total. The van der Waals surface area contributed by atoms with Crippen LogP contribution in [0, 0.1) is 0 Å². The molecule has 2 aromatic heterocycles. The van der Waals surface area contributed by atoms with Crippen LogP contribution in [0.5, 0.6) is 0 Å². The minimum Gasteiger partial charge on any atom is -0.294 e. The van der Waals surface area contributed by atoms with Crippen LogP contribution < -0.4 is 10.3 Å². The smallest absolute Gasteiger partial charge is 0.294 e. The maximum Gasteiger partial charge on any atom is 0.417 e. The molecule has 37 heavy (non-hydrogen) atoms. The van der Waals surface area contributed by atoms with Crippen LogP contribution in [0.2, 0.25) is 5.02 Å². The molecule has 1 aromatic carbocycles. The highest BCUT2D eigenvalue weighted by Gasteiger charge is 2.62. The third-order valence-electron chi connectivity index (χ3n) is 6.00. The number of hydrogen-bond donors (Lipinski definition) is 1. The van der Waals surface area contributed by atoms with Crippen LogP contribution in [0.15, 0.2) is 29.3 Å². The summed E-state index contributed by atoms with van der Waals surface area (Å²) in [6, 6.07) is 1.42. The Morgan fingerprint density at radius 3 is 2.19 bits per heavy atom. The highest BCUT2D eigenvalue weighted by Crippen LogP contribution is 2.48. The first-order chi connectivity index (χ1) is 16.9. The van der Waals surface area contributed by atoms with Gasteiger partial charge in [0.1, 0.15) is 5.52 Å². The second kappa shape index (κ2) is 8.80. The lowest BCUT2D eigenvalue weighted by Crippen LogP contribution is -2.58. The summed E-state index contributed by atoms with van der Waals surface area (Å²) in [6.07, 6.45) is -7.71. The first-order valence-corrected chi connectivity index (χ1v) is 12.5. The average molecular weight is 570 g/mol. The van der Waals surface area contributed by atoms with E-state index in [9.17, 15) is 22.2 Å². The third-order valence-corrected chi connectivity index (χ3v) is 7.92. The molecule has 1 aliphatic carbocycles. The van der Waals surface area contributed by atoms with Gasteiger partial charge in [0.2, 0.25) is 0 Å². The van der Waals surface area contributed by atoms with Gasteiger partial charge in [0, 0.05) is 13.1 Å². The normalized spacial score (nSPS) is 17.7. The van der Waals surface area contributed by atoms with Gasteiger partial charge in [0.05, 0.1) is 38.3 Å². The Balaban J connectivity index is 2.10. The fourth-order valence-corrected chi connectivity index (χ4v) is 5.18. The van der Waals surface area contributed by atoms with Crippen molar-refractivity contribution in [3.05, 3.63) is 56.7 Å². The molecule has 202 valence electrons. The van der Waals surface area contributed by atoms with Crippen molar-refractivity contribution in [3.8, 4) is 0 Å². The number of hydrogen-bond acceptors (Lipinski definition) is 4. The fraction of sp³-hybridized carbons (Fsp3) is 0.500. The Labute approximate surface area is 214 Å².